The van der Waals surface area contributed by atoms with Crippen LogP contribution in [0.3, 0.4) is 0 Å². The number of carbonyl (C=O) groups excluding carboxylic acids is 1. The van der Waals surface area contributed by atoms with Crippen molar-refractivity contribution >= 4 is 5.78 Å². The molecule has 158 valence electrons. The molecule has 0 aliphatic heterocycles. The van der Waals surface area contributed by atoms with Crippen molar-refractivity contribution in [3.8, 4) is 5.75 Å². The zero-order valence-corrected chi connectivity index (χ0v) is 17.0. The first-order valence-electron chi connectivity index (χ1n) is 9.92. The SMILES string of the molecule is CC/C=C\C[C@H](O)/C=C/C=C\C=C\[C@@H](O)CCOc1ccc(CC(=O)CO)cc1. The van der Waals surface area contributed by atoms with E-state index in [4.69, 9.17) is 9.84 Å². The topological polar surface area (TPSA) is 87.0 Å². The Morgan fingerprint density at radius 3 is 2.28 bits per heavy atom. The molecule has 3 N–H and O–H groups in total. The Morgan fingerprint density at radius 1 is 1.00 bits per heavy atom. The number of benzene rings is 1. The van der Waals surface area contributed by atoms with Gasteiger partial charge in [0, 0.05) is 12.8 Å². The lowest BCUT2D eigenvalue weighted by molar-refractivity contribution is -0.121. The van der Waals surface area contributed by atoms with Gasteiger partial charge in [0.05, 0.1) is 18.8 Å². The van der Waals surface area contributed by atoms with Crippen LogP contribution in [-0.2, 0) is 11.2 Å². The Hall–Kier alpha value is -2.47. The zero-order valence-electron chi connectivity index (χ0n) is 17.0. The highest BCUT2D eigenvalue weighted by atomic mass is 16.5. The third-order valence-electron chi connectivity index (χ3n) is 3.96. The predicted octanol–water partition coefficient (Wildman–Crippen LogP) is 3.31. The molecule has 1 aromatic carbocycles. The molecular formula is C24H32O5. The molecule has 0 aliphatic carbocycles. The summed E-state index contributed by atoms with van der Waals surface area (Å²) in [6.45, 7) is 1.96. The van der Waals surface area contributed by atoms with Crippen LogP contribution >= 0.6 is 0 Å². The molecule has 0 aliphatic rings. The zero-order chi connectivity index (χ0) is 21.3. The number of Topliss-reactive ketones (excluding diaryl/α,β-unsaturated/α-hetero) is 1. The highest BCUT2D eigenvalue weighted by Crippen LogP contribution is 2.13. The average Bonchev–Trinajstić information content (AvgIpc) is 2.72. The molecular weight excluding hydrogens is 368 g/mol. The summed E-state index contributed by atoms with van der Waals surface area (Å²) in [5.41, 5.74) is 0.824. The van der Waals surface area contributed by atoms with Crippen molar-refractivity contribution in [1.82, 2.24) is 0 Å². The van der Waals surface area contributed by atoms with E-state index >= 15 is 0 Å². The monoisotopic (exact) mass is 400 g/mol. The van der Waals surface area contributed by atoms with Crippen molar-refractivity contribution in [3.05, 3.63) is 78.4 Å². The Morgan fingerprint density at radius 2 is 1.66 bits per heavy atom. The van der Waals surface area contributed by atoms with E-state index < -0.39 is 18.8 Å². The lowest BCUT2D eigenvalue weighted by atomic mass is 10.1. The Balaban J connectivity index is 2.25. The number of aliphatic hydroxyl groups excluding tert-OH is 3. The van der Waals surface area contributed by atoms with Crippen molar-refractivity contribution in [3.63, 3.8) is 0 Å². The number of aliphatic hydroxyl groups is 3. The number of rotatable bonds is 14. The molecule has 0 spiro atoms. The van der Waals surface area contributed by atoms with Crippen molar-refractivity contribution in [2.24, 2.45) is 0 Å². The molecule has 0 unspecified atom stereocenters. The van der Waals surface area contributed by atoms with Crippen LogP contribution in [0.5, 0.6) is 5.75 Å². The molecule has 0 bridgehead atoms. The molecule has 0 radical (unpaired) electrons. The number of hydrogen-bond donors (Lipinski definition) is 3. The molecule has 0 amide bonds. The highest BCUT2D eigenvalue weighted by Gasteiger charge is 2.03. The van der Waals surface area contributed by atoms with Gasteiger partial charge in [0.1, 0.15) is 12.4 Å². The number of ketones is 1. The Bertz CT molecular complexity index is 686. The first-order valence-corrected chi connectivity index (χ1v) is 9.92. The second kappa shape index (κ2) is 15.5. The summed E-state index contributed by atoms with van der Waals surface area (Å²) in [7, 11) is 0. The Labute approximate surface area is 173 Å². The molecule has 2 atom stereocenters. The molecule has 0 saturated carbocycles. The number of ether oxygens (including phenoxy) is 1. The smallest absolute Gasteiger partial charge is 0.162 e. The van der Waals surface area contributed by atoms with E-state index in [1.165, 1.54) is 0 Å². The van der Waals surface area contributed by atoms with Gasteiger partial charge in [0.25, 0.3) is 0 Å². The summed E-state index contributed by atoms with van der Waals surface area (Å²) in [6.07, 6.45) is 15.6. The average molecular weight is 401 g/mol. The van der Waals surface area contributed by atoms with E-state index in [-0.39, 0.29) is 12.2 Å². The van der Waals surface area contributed by atoms with Crippen LogP contribution in [0.4, 0.5) is 0 Å². The second-order valence-electron chi connectivity index (χ2n) is 6.56. The minimum atomic E-state index is -0.616. The number of hydrogen-bond acceptors (Lipinski definition) is 5. The molecule has 0 heterocycles. The summed E-state index contributed by atoms with van der Waals surface area (Å²) in [6, 6.07) is 7.11. The largest absolute Gasteiger partial charge is 0.493 e. The third kappa shape index (κ3) is 12.6. The van der Waals surface area contributed by atoms with Crippen LogP contribution in [0, 0.1) is 0 Å². The van der Waals surface area contributed by atoms with Crippen LogP contribution in [0.25, 0.3) is 0 Å². The van der Waals surface area contributed by atoms with E-state index in [2.05, 4.69) is 6.92 Å². The van der Waals surface area contributed by atoms with Gasteiger partial charge in [-0.1, -0.05) is 67.7 Å². The molecule has 29 heavy (non-hydrogen) atoms. The quantitative estimate of drug-likeness (QED) is 0.329. The summed E-state index contributed by atoms with van der Waals surface area (Å²) < 4.78 is 5.58. The molecule has 0 aromatic heterocycles. The molecule has 5 nitrogen and oxygen atoms in total. The standard InChI is InChI=1S/C24H32O5/c1-2-3-6-9-21(26)10-7-4-5-8-11-22(27)16-17-29-24-14-12-20(13-15-24)18-23(28)19-25/h3-8,10-15,21-22,25-27H,2,9,16-19H2,1H3/b5-4-,6-3-,10-7+,11-8+/t21-,22+/m0/s1. The normalized spacial score (nSPS) is 14.3. The molecule has 0 fully saturated rings. The van der Waals surface area contributed by atoms with Gasteiger partial charge in [0.15, 0.2) is 5.78 Å². The van der Waals surface area contributed by atoms with Crippen LogP contribution < -0.4 is 4.74 Å². The van der Waals surface area contributed by atoms with Gasteiger partial charge in [-0.3, -0.25) is 4.79 Å². The lowest BCUT2D eigenvalue weighted by Crippen LogP contribution is -2.09. The van der Waals surface area contributed by atoms with E-state index in [9.17, 15) is 15.0 Å². The van der Waals surface area contributed by atoms with Crippen molar-refractivity contribution < 1.29 is 24.9 Å². The lowest BCUT2D eigenvalue weighted by Gasteiger charge is -2.09. The van der Waals surface area contributed by atoms with Crippen molar-refractivity contribution in [1.29, 1.82) is 0 Å². The minimum Gasteiger partial charge on any atom is -0.493 e. The van der Waals surface area contributed by atoms with Gasteiger partial charge < -0.3 is 20.1 Å². The number of carbonyl (C=O) groups is 1. The van der Waals surface area contributed by atoms with E-state index in [0.29, 0.717) is 25.2 Å². The summed E-state index contributed by atoms with van der Waals surface area (Å²) in [5.74, 6) is 0.442. The summed E-state index contributed by atoms with van der Waals surface area (Å²) in [5, 5.41) is 28.4. The molecule has 1 rings (SSSR count). The molecule has 5 heteroatoms. The van der Waals surface area contributed by atoms with Crippen LogP contribution in [0.1, 0.15) is 31.7 Å². The van der Waals surface area contributed by atoms with E-state index in [0.717, 1.165) is 12.0 Å². The van der Waals surface area contributed by atoms with Gasteiger partial charge in [-0.05, 0) is 30.5 Å². The van der Waals surface area contributed by atoms with Gasteiger partial charge >= 0.3 is 0 Å². The maximum Gasteiger partial charge on any atom is 0.162 e. The minimum absolute atomic E-state index is 0.206. The van der Waals surface area contributed by atoms with Crippen molar-refractivity contribution in [2.45, 2.75) is 44.8 Å². The Kier molecular flexibility index (Phi) is 13.1. The molecule has 0 saturated heterocycles. The third-order valence-corrected chi connectivity index (χ3v) is 3.96. The van der Waals surface area contributed by atoms with Crippen LogP contribution in [0.2, 0.25) is 0 Å². The predicted molar refractivity (Wildman–Crippen MR) is 116 cm³/mol. The first-order chi connectivity index (χ1) is 14.0. The maximum absolute atomic E-state index is 11.2. The highest BCUT2D eigenvalue weighted by molar-refractivity contribution is 5.81. The van der Waals surface area contributed by atoms with E-state index in [1.54, 1.807) is 60.7 Å². The number of allylic oxidation sites excluding steroid dienone is 5. The molecule has 1 aromatic rings. The summed E-state index contributed by atoms with van der Waals surface area (Å²) in [4.78, 5) is 11.2. The fraction of sp³-hybridized carbons (Fsp3) is 0.375. The first kappa shape index (κ1) is 24.6. The van der Waals surface area contributed by atoms with E-state index in [1.807, 2.05) is 12.2 Å². The van der Waals surface area contributed by atoms with Crippen LogP contribution in [0.15, 0.2) is 72.9 Å². The van der Waals surface area contributed by atoms with Gasteiger partial charge in [0.2, 0.25) is 0 Å². The maximum atomic E-state index is 11.2. The fourth-order valence-corrected chi connectivity index (χ4v) is 2.37. The van der Waals surface area contributed by atoms with Gasteiger partial charge in [-0.2, -0.15) is 0 Å². The second-order valence-corrected chi connectivity index (χ2v) is 6.56. The summed E-state index contributed by atoms with van der Waals surface area (Å²) >= 11 is 0. The fourth-order valence-electron chi connectivity index (χ4n) is 2.37. The van der Waals surface area contributed by atoms with Gasteiger partial charge in [-0.15, -0.1) is 0 Å². The van der Waals surface area contributed by atoms with Crippen molar-refractivity contribution in [2.75, 3.05) is 13.2 Å². The van der Waals surface area contributed by atoms with Gasteiger partial charge in [-0.25, -0.2) is 0 Å². The van der Waals surface area contributed by atoms with Crippen LogP contribution in [-0.4, -0.2) is 46.5 Å².